The highest BCUT2D eigenvalue weighted by atomic mass is 16.5. The van der Waals surface area contributed by atoms with E-state index in [9.17, 15) is 0 Å². The van der Waals surface area contributed by atoms with Gasteiger partial charge in [0.05, 0.1) is 12.2 Å². The third kappa shape index (κ3) is 3.17. The summed E-state index contributed by atoms with van der Waals surface area (Å²) in [5.74, 6) is 1.12. The van der Waals surface area contributed by atoms with Crippen molar-refractivity contribution in [3.8, 4) is 11.8 Å². The number of anilines is 1. The van der Waals surface area contributed by atoms with Crippen molar-refractivity contribution in [1.29, 1.82) is 5.26 Å². The van der Waals surface area contributed by atoms with E-state index in [-0.39, 0.29) is 0 Å². The van der Waals surface area contributed by atoms with Gasteiger partial charge in [-0.15, -0.1) is 0 Å². The predicted molar refractivity (Wildman–Crippen MR) is 61.0 cm³/mol. The Morgan fingerprint density at radius 1 is 1.47 bits per heavy atom. The first kappa shape index (κ1) is 11.4. The largest absolute Gasteiger partial charge is 0.492 e. The van der Waals surface area contributed by atoms with Crippen molar-refractivity contribution in [2.45, 2.75) is 13.8 Å². The molecule has 0 radical (unpaired) electrons. The van der Waals surface area contributed by atoms with Crippen LogP contribution in [0.3, 0.4) is 0 Å². The van der Waals surface area contributed by atoms with Crippen molar-refractivity contribution in [2.24, 2.45) is 5.92 Å². The lowest BCUT2D eigenvalue weighted by atomic mass is 10.2. The van der Waals surface area contributed by atoms with Gasteiger partial charge in [-0.3, -0.25) is 0 Å². The van der Waals surface area contributed by atoms with E-state index in [4.69, 9.17) is 10.00 Å². The fraction of sp³-hybridized carbons (Fsp3) is 0.417. The molecule has 1 aromatic rings. The summed E-state index contributed by atoms with van der Waals surface area (Å²) in [6.45, 7) is 4.79. The van der Waals surface area contributed by atoms with Crippen LogP contribution in [-0.2, 0) is 0 Å². The van der Waals surface area contributed by atoms with Gasteiger partial charge in [-0.05, 0) is 24.1 Å². The zero-order valence-electron chi connectivity index (χ0n) is 9.37. The average molecular weight is 204 g/mol. The number of hydrogen-bond donors (Lipinski definition) is 1. The second-order valence-electron chi connectivity index (χ2n) is 3.78. The SMILES string of the molecule is CNc1ccc(OCC(C)C)c(C#N)c1. The second kappa shape index (κ2) is 5.26. The monoisotopic (exact) mass is 204 g/mol. The Bertz CT molecular complexity index is 366. The molecule has 80 valence electrons. The van der Waals surface area contributed by atoms with E-state index < -0.39 is 0 Å². The molecular weight excluding hydrogens is 188 g/mol. The smallest absolute Gasteiger partial charge is 0.137 e. The van der Waals surface area contributed by atoms with Crippen LogP contribution in [0.4, 0.5) is 5.69 Å². The van der Waals surface area contributed by atoms with Gasteiger partial charge in [-0.2, -0.15) is 5.26 Å². The quantitative estimate of drug-likeness (QED) is 0.820. The summed E-state index contributed by atoms with van der Waals surface area (Å²) >= 11 is 0. The molecule has 0 fully saturated rings. The van der Waals surface area contributed by atoms with Gasteiger partial charge in [0.2, 0.25) is 0 Å². The van der Waals surface area contributed by atoms with Crippen molar-refractivity contribution in [3.05, 3.63) is 23.8 Å². The van der Waals surface area contributed by atoms with Crippen LogP contribution in [0.2, 0.25) is 0 Å². The Kier molecular flexibility index (Phi) is 3.99. The fourth-order valence-corrected chi connectivity index (χ4v) is 1.16. The third-order valence-electron chi connectivity index (χ3n) is 1.96. The number of nitrogens with zero attached hydrogens (tertiary/aromatic N) is 1. The van der Waals surface area contributed by atoms with Gasteiger partial charge in [-0.25, -0.2) is 0 Å². The van der Waals surface area contributed by atoms with Gasteiger partial charge in [-0.1, -0.05) is 13.8 Å². The highest BCUT2D eigenvalue weighted by Crippen LogP contribution is 2.22. The molecule has 0 aliphatic rings. The van der Waals surface area contributed by atoms with Crippen LogP contribution >= 0.6 is 0 Å². The molecule has 15 heavy (non-hydrogen) atoms. The van der Waals surface area contributed by atoms with Gasteiger partial charge in [0, 0.05) is 12.7 Å². The molecular formula is C12H16N2O. The number of hydrogen-bond acceptors (Lipinski definition) is 3. The first-order valence-corrected chi connectivity index (χ1v) is 5.02. The van der Waals surface area contributed by atoms with E-state index in [0.717, 1.165) is 5.69 Å². The van der Waals surface area contributed by atoms with Crippen molar-refractivity contribution in [3.63, 3.8) is 0 Å². The lowest BCUT2D eigenvalue weighted by molar-refractivity contribution is 0.270. The molecule has 3 nitrogen and oxygen atoms in total. The molecule has 0 aromatic heterocycles. The lowest BCUT2D eigenvalue weighted by Gasteiger charge is -2.10. The minimum atomic E-state index is 0.459. The highest BCUT2D eigenvalue weighted by Gasteiger charge is 2.04. The molecule has 0 bridgehead atoms. The number of nitrogens with one attached hydrogen (secondary N) is 1. The molecule has 0 heterocycles. The van der Waals surface area contributed by atoms with Crippen LogP contribution in [0.1, 0.15) is 19.4 Å². The molecule has 0 spiro atoms. The Morgan fingerprint density at radius 3 is 2.73 bits per heavy atom. The number of ether oxygens (including phenoxy) is 1. The van der Waals surface area contributed by atoms with E-state index >= 15 is 0 Å². The molecule has 0 saturated carbocycles. The average Bonchev–Trinajstić information content (AvgIpc) is 2.25. The maximum absolute atomic E-state index is 8.95. The molecule has 0 aliphatic carbocycles. The van der Waals surface area contributed by atoms with Crippen LogP contribution in [0.15, 0.2) is 18.2 Å². The van der Waals surface area contributed by atoms with Gasteiger partial charge in [0.25, 0.3) is 0 Å². The molecule has 1 N–H and O–H groups in total. The van der Waals surface area contributed by atoms with Gasteiger partial charge in [0.1, 0.15) is 11.8 Å². The van der Waals surface area contributed by atoms with Crippen molar-refractivity contribution >= 4 is 5.69 Å². The van der Waals surface area contributed by atoms with Gasteiger partial charge in [0.15, 0.2) is 0 Å². The summed E-state index contributed by atoms with van der Waals surface area (Å²) in [4.78, 5) is 0. The molecule has 1 rings (SSSR count). The topological polar surface area (TPSA) is 45.0 Å². The van der Waals surface area contributed by atoms with Crippen LogP contribution in [-0.4, -0.2) is 13.7 Å². The Hall–Kier alpha value is -1.69. The minimum absolute atomic E-state index is 0.459. The number of benzene rings is 1. The van der Waals surface area contributed by atoms with Crippen LogP contribution in [0.25, 0.3) is 0 Å². The van der Waals surface area contributed by atoms with Crippen LogP contribution in [0.5, 0.6) is 5.75 Å². The molecule has 0 saturated heterocycles. The maximum Gasteiger partial charge on any atom is 0.137 e. The number of rotatable bonds is 4. The summed E-state index contributed by atoms with van der Waals surface area (Å²) in [5, 5.41) is 11.9. The maximum atomic E-state index is 8.95. The van der Waals surface area contributed by atoms with Crippen molar-refractivity contribution in [1.82, 2.24) is 0 Å². The van der Waals surface area contributed by atoms with Crippen LogP contribution in [0, 0.1) is 17.2 Å². The summed E-state index contributed by atoms with van der Waals surface area (Å²) in [6, 6.07) is 7.64. The summed E-state index contributed by atoms with van der Waals surface area (Å²) in [6.07, 6.45) is 0. The molecule has 0 amide bonds. The zero-order chi connectivity index (χ0) is 11.3. The first-order chi connectivity index (χ1) is 7.17. The Labute approximate surface area is 90.7 Å². The molecule has 0 atom stereocenters. The first-order valence-electron chi connectivity index (χ1n) is 5.02. The Balaban J connectivity index is 2.84. The van der Waals surface area contributed by atoms with Gasteiger partial charge < -0.3 is 10.1 Å². The normalized spacial score (nSPS) is 9.80. The summed E-state index contributed by atoms with van der Waals surface area (Å²) < 4.78 is 5.54. The lowest BCUT2D eigenvalue weighted by Crippen LogP contribution is -2.05. The standard InChI is InChI=1S/C12H16N2O/c1-9(2)8-15-12-5-4-11(14-3)6-10(12)7-13/h4-6,9,14H,8H2,1-3H3. The Morgan fingerprint density at radius 2 is 2.20 bits per heavy atom. The predicted octanol–water partition coefficient (Wildman–Crippen LogP) is 2.63. The van der Waals surface area contributed by atoms with E-state index in [0.29, 0.717) is 23.8 Å². The molecule has 1 aromatic carbocycles. The van der Waals surface area contributed by atoms with E-state index in [2.05, 4.69) is 25.2 Å². The summed E-state index contributed by atoms with van der Waals surface area (Å²) in [5.41, 5.74) is 1.49. The molecule has 0 unspecified atom stereocenters. The second-order valence-corrected chi connectivity index (χ2v) is 3.78. The number of nitriles is 1. The molecule has 0 aliphatic heterocycles. The van der Waals surface area contributed by atoms with Crippen molar-refractivity contribution in [2.75, 3.05) is 19.0 Å². The summed E-state index contributed by atoms with van der Waals surface area (Å²) in [7, 11) is 1.82. The zero-order valence-corrected chi connectivity index (χ0v) is 9.37. The van der Waals surface area contributed by atoms with Crippen molar-refractivity contribution < 1.29 is 4.74 Å². The van der Waals surface area contributed by atoms with Gasteiger partial charge >= 0.3 is 0 Å². The molecule has 3 heteroatoms. The van der Waals surface area contributed by atoms with E-state index in [1.54, 1.807) is 6.07 Å². The van der Waals surface area contributed by atoms with E-state index in [1.807, 2.05) is 19.2 Å². The minimum Gasteiger partial charge on any atom is -0.492 e. The van der Waals surface area contributed by atoms with Crippen LogP contribution < -0.4 is 10.1 Å². The fourth-order valence-electron chi connectivity index (χ4n) is 1.16. The highest BCUT2D eigenvalue weighted by molar-refractivity contribution is 5.55. The van der Waals surface area contributed by atoms with E-state index in [1.165, 1.54) is 0 Å². The third-order valence-corrected chi connectivity index (χ3v) is 1.96.